The standard InChI is InChI=1S/C10H9FN2/c11-9-4-5-10(13)8(7-9)3-1-2-6-12/h1,3-5,7H,2,13H2. The summed E-state index contributed by atoms with van der Waals surface area (Å²) in [6.07, 6.45) is 3.59. The van der Waals surface area contributed by atoms with Crippen LogP contribution in [-0.2, 0) is 0 Å². The lowest BCUT2D eigenvalue weighted by molar-refractivity contribution is 0.628. The summed E-state index contributed by atoms with van der Waals surface area (Å²) in [5.41, 5.74) is 6.69. The first-order valence-electron chi connectivity index (χ1n) is 3.82. The van der Waals surface area contributed by atoms with E-state index < -0.39 is 0 Å². The Hall–Kier alpha value is -1.82. The third-order valence-electron chi connectivity index (χ3n) is 1.56. The fourth-order valence-corrected chi connectivity index (χ4v) is 0.929. The van der Waals surface area contributed by atoms with Crippen molar-refractivity contribution >= 4 is 11.8 Å². The number of halogens is 1. The lowest BCUT2D eigenvalue weighted by Gasteiger charge is -1.98. The molecule has 0 spiro atoms. The first-order chi connectivity index (χ1) is 6.24. The molecular weight excluding hydrogens is 167 g/mol. The van der Waals surface area contributed by atoms with Crippen molar-refractivity contribution in [2.45, 2.75) is 6.42 Å². The van der Waals surface area contributed by atoms with E-state index in [-0.39, 0.29) is 5.82 Å². The highest BCUT2D eigenvalue weighted by atomic mass is 19.1. The summed E-state index contributed by atoms with van der Waals surface area (Å²) >= 11 is 0. The van der Waals surface area contributed by atoms with Gasteiger partial charge in [-0.1, -0.05) is 12.2 Å². The Morgan fingerprint density at radius 3 is 3.00 bits per heavy atom. The number of allylic oxidation sites excluding steroid dienone is 1. The van der Waals surface area contributed by atoms with Crippen molar-refractivity contribution in [2.24, 2.45) is 0 Å². The maximum absolute atomic E-state index is 12.7. The number of benzene rings is 1. The molecule has 0 atom stereocenters. The molecule has 0 heterocycles. The van der Waals surface area contributed by atoms with Gasteiger partial charge in [-0.05, 0) is 23.8 Å². The van der Waals surface area contributed by atoms with Crippen LogP contribution in [0.4, 0.5) is 10.1 Å². The monoisotopic (exact) mass is 176 g/mol. The minimum atomic E-state index is -0.328. The second-order valence-electron chi connectivity index (χ2n) is 2.54. The molecule has 0 fully saturated rings. The van der Waals surface area contributed by atoms with Crippen LogP contribution in [0, 0.1) is 17.1 Å². The van der Waals surface area contributed by atoms with Crippen LogP contribution < -0.4 is 5.73 Å². The molecular formula is C10H9FN2. The summed E-state index contributed by atoms with van der Waals surface area (Å²) in [6.45, 7) is 0. The molecule has 3 heteroatoms. The SMILES string of the molecule is N#CCC=Cc1cc(F)ccc1N. The van der Waals surface area contributed by atoms with Crippen molar-refractivity contribution in [2.75, 3.05) is 5.73 Å². The van der Waals surface area contributed by atoms with Gasteiger partial charge in [-0.3, -0.25) is 0 Å². The third kappa shape index (κ3) is 2.60. The van der Waals surface area contributed by atoms with E-state index in [4.69, 9.17) is 11.0 Å². The number of hydrogen-bond acceptors (Lipinski definition) is 2. The average Bonchev–Trinajstić information content (AvgIpc) is 2.11. The Morgan fingerprint density at radius 1 is 1.54 bits per heavy atom. The maximum Gasteiger partial charge on any atom is 0.123 e. The molecule has 0 saturated carbocycles. The van der Waals surface area contributed by atoms with Crippen LogP contribution in [0.3, 0.4) is 0 Å². The van der Waals surface area contributed by atoms with Gasteiger partial charge in [0.2, 0.25) is 0 Å². The van der Waals surface area contributed by atoms with Crippen LogP contribution in [0.15, 0.2) is 24.3 Å². The average molecular weight is 176 g/mol. The predicted octanol–water partition coefficient (Wildman–Crippen LogP) is 2.33. The second-order valence-corrected chi connectivity index (χ2v) is 2.54. The molecule has 2 N–H and O–H groups in total. The molecule has 0 aliphatic rings. The largest absolute Gasteiger partial charge is 0.398 e. The molecule has 0 bridgehead atoms. The summed E-state index contributed by atoms with van der Waals surface area (Å²) in [6, 6.07) is 6.09. The van der Waals surface area contributed by atoms with E-state index in [0.29, 0.717) is 17.7 Å². The van der Waals surface area contributed by atoms with Crippen molar-refractivity contribution < 1.29 is 4.39 Å². The third-order valence-corrected chi connectivity index (χ3v) is 1.56. The van der Waals surface area contributed by atoms with Gasteiger partial charge in [0, 0.05) is 5.69 Å². The number of nitriles is 1. The molecule has 0 aliphatic heterocycles. The fourth-order valence-electron chi connectivity index (χ4n) is 0.929. The van der Waals surface area contributed by atoms with Crippen LogP contribution in [0.5, 0.6) is 0 Å². The smallest absolute Gasteiger partial charge is 0.123 e. The van der Waals surface area contributed by atoms with Crippen molar-refractivity contribution in [3.05, 3.63) is 35.7 Å². The van der Waals surface area contributed by atoms with Gasteiger partial charge < -0.3 is 5.73 Å². The van der Waals surface area contributed by atoms with E-state index in [1.165, 1.54) is 18.2 Å². The molecule has 1 rings (SSSR count). The zero-order valence-corrected chi connectivity index (χ0v) is 7.00. The molecule has 0 unspecified atom stereocenters. The number of nitrogens with two attached hydrogens (primary N) is 1. The van der Waals surface area contributed by atoms with Crippen LogP contribution >= 0.6 is 0 Å². The Kier molecular flexibility index (Phi) is 3.04. The molecule has 0 radical (unpaired) electrons. The number of rotatable bonds is 2. The van der Waals surface area contributed by atoms with Gasteiger partial charge in [-0.15, -0.1) is 0 Å². The minimum absolute atomic E-state index is 0.302. The molecule has 66 valence electrons. The molecule has 1 aromatic carbocycles. The van der Waals surface area contributed by atoms with Crippen molar-refractivity contribution in [3.8, 4) is 6.07 Å². The van der Waals surface area contributed by atoms with Crippen LogP contribution in [0.1, 0.15) is 12.0 Å². The maximum atomic E-state index is 12.7. The Balaban J connectivity index is 2.88. The molecule has 2 nitrogen and oxygen atoms in total. The van der Waals surface area contributed by atoms with Crippen molar-refractivity contribution in [1.29, 1.82) is 5.26 Å². The van der Waals surface area contributed by atoms with Crippen LogP contribution in [0.2, 0.25) is 0 Å². The molecule has 13 heavy (non-hydrogen) atoms. The zero-order valence-electron chi connectivity index (χ0n) is 7.00. The lowest BCUT2D eigenvalue weighted by atomic mass is 10.1. The van der Waals surface area contributed by atoms with Crippen molar-refractivity contribution in [1.82, 2.24) is 0 Å². The van der Waals surface area contributed by atoms with E-state index >= 15 is 0 Å². The normalized spacial score (nSPS) is 10.2. The molecule has 0 amide bonds. The van der Waals surface area contributed by atoms with E-state index in [2.05, 4.69) is 0 Å². The summed E-state index contributed by atoms with van der Waals surface area (Å²) < 4.78 is 12.7. The Morgan fingerprint density at radius 2 is 2.31 bits per heavy atom. The quantitative estimate of drug-likeness (QED) is 0.703. The first kappa shape index (κ1) is 9.27. The zero-order chi connectivity index (χ0) is 9.68. The van der Waals surface area contributed by atoms with Gasteiger partial charge in [0.1, 0.15) is 5.82 Å². The fraction of sp³-hybridized carbons (Fsp3) is 0.100. The van der Waals surface area contributed by atoms with Gasteiger partial charge in [-0.25, -0.2) is 4.39 Å². The van der Waals surface area contributed by atoms with Crippen LogP contribution in [-0.4, -0.2) is 0 Å². The highest BCUT2D eigenvalue weighted by Gasteiger charge is 1.96. The Bertz CT molecular complexity index is 364. The molecule has 0 aromatic heterocycles. The van der Waals surface area contributed by atoms with E-state index in [0.717, 1.165) is 0 Å². The van der Waals surface area contributed by atoms with Gasteiger partial charge >= 0.3 is 0 Å². The lowest BCUT2D eigenvalue weighted by Crippen LogP contribution is -1.89. The van der Waals surface area contributed by atoms with E-state index in [1.807, 2.05) is 6.07 Å². The molecule has 0 aliphatic carbocycles. The number of hydrogen-bond donors (Lipinski definition) is 1. The second kappa shape index (κ2) is 4.27. The highest BCUT2D eigenvalue weighted by molar-refractivity contribution is 5.64. The predicted molar refractivity (Wildman–Crippen MR) is 50.1 cm³/mol. The minimum Gasteiger partial charge on any atom is -0.398 e. The van der Waals surface area contributed by atoms with Gasteiger partial charge in [0.15, 0.2) is 0 Å². The summed E-state index contributed by atoms with van der Waals surface area (Å²) in [5, 5.41) is 8.26. The van der Waals surface area contributed by atoms with Crippen LogP contribution in [0.25, 0.3) is 6.08 Å². The number of anilines is 1. The highest BCUT2D eigenvalue weighted by Crippen LogP contribution is 2.14. The summed E-state index contributed by atoms with van der Waals surface area (Å²) in [7, 11) is 0. The van der Waals surface area contributed by atoms with E-state index in [1.54, 1.807) is 12.2 Å². The molecule has 0 saturated heterocycles. The summed E-state index contributed by atoms with van der Waals surface area (Å²) in [5.74, 6) is -0.328. The van der Waals surface area contributed by atoms with Gasteiger partial charge in [0.05, 0.1) is 12.5 Å². The van der Waals surface area contributed by atoms with E-state index in [9.17, 15) is 4.39 Å². The van der Waals surface area contributed by atoms with Gasteiger partial charge in [0.25, 0.3) is 0 Å². The molecule has 1 aromatic rings. The van der Waals surface area contributed by atoms with Crippen molar-refractivity contribution in [3.63, 3.8) is 0 Å². The number of nitrogens with zero attached hydrogens (tertiary/aromatic N) is 1. The number of nitrogen functional groups attached to an aromatic ring is 1. The van der Waals surface area contributed by atoms with Gasteiger partial charge in [-0.2, -0.15) is 5.26 Å². The topological polar surface area (TPSA) is 49.8 Å². The summed E-state index contributed by atoms with van der Waals surface area (Å²) in [4.78, 5) is 0. The first-order valence-corrected chi connectivity index (χ1v) is 3.82. The Labute approximate surface area is 76.1 Å².